The molecule has 7 heteroatoms. The van der Waals surface area contributed by atoms with Gasteiger partial charge in [0.05, 0.1) is 11.0 Å². The van der Waals surface area contributed by atoms with E-state index in [1.807, 2.05) is 17.9 Å². The fourth-order valence-corrected chi connectivity index (χ4v) is 4.25. The van der Waals surface area contributed by atoms with Gasteiger partial charge in [-0.15, -0.1) is 0 Å². The minimum absolute atomic E-state index is 0.0251. The maximum Gasteiger partial charge on any atom is 0.255 e. The summed E-state index contributed by atoms with van der Waals surface area (Å²) in [5.41, 5.74) is 0.357. The van der Waals surface area contributed by atoms with Crippen LogP contribution in [-0.2, 0) is 5.41 Å². The van der Waals surface area contributed by atoms with Crippen LogP contribution in [0.3, 0.4) is 0 Å². The van der Waals surface area contributed by atoms with Gasteiger partial charge >= 0.3 is 0 Å². The second kappa shape index (κ2) is 6.22. The molecule has 0 aliphatic carbocycles. The van der Waals surface area contributed by atoms with Crippen molar-refractivity contribution >= 4 is 5.91 Å². The second-order valence-corrected chi connectivity index (χ2v) is 7.08. The molecule has 2 fully saturated rings. The van der Waals surface area contributed by atoms with Gasteiger partial charge in [-0.05, 0) is 37.9 Å². The number of likely N-dealkylation sites (N-methyl/N-ethyl adjacent to an activating group) is 1. The van der Waals surface area contributed by atoms with Gasteiger partial charge in [0.15, 0.2) is 5.82 Å². The van der Waals surface area contributed by atoms with E-state index in [4.69, 9.17) is 4.52 Å². The Bertz CT molecular complexity index is 762. The molecule has 0 aromatic carbocycles. The Kier molecular flexibility index (Phi) is 4.03. The van der Waals surface area contributed by atoms with Crippen LogP contribution >= 0.6 is 0 Å². The zero-order valence-electron chi connectivity index (χ0n) is 14.7. The number of aromatic nitrogens is 3. The lowest BCUT2D eigenvalue weighted by atomic mass is 9.73. The van der Waals surface area contributed by atoms with Crippen LogP contribution in [0.2, 0.25) is 0 Å². The topological polar surface area (TPSA) is 75.4 Å². The summed E-state index contributed by atoms with van der Waals surface area (Å²) in [5, 5.41) is 4.01. The number of likely N-dealkylation sites (tertiary alicyclic amines) is 2. The summed E-state index contributed by atoms with van der Waals surface area (Å²) in [6.07, 6.45) is 4.26. The zero-order valence-corrected chi connectivity index (χ0v) is 14.7. The molecule has 7 nitrogen and oxygen atoms in total. The third-order valence-corrected chi connectivity index (χ3v) is 5.58. The van der Waals surface area contributed by atoms with Crippen molar-refractivity contribution in [1.29, 1.82) is 0 Å². The molecule has 0 unspecified atom stereocenters. The van der Waals surface area contributed by atoms with Crippen molar-refractivity contribution in [1.82, 2.24) is 24.9 Å². The summed E-state index contributed by atoms with van der Waals surface area (Å²) < 4.78 is 5.60. The minimum Gasteiger partial charge on any atom is -0.339 e. The molecule has 4 heterocycles. The van der Waals surface area contributed by atoms with Gasteiger partial charge in [-0.2, -0.15) is 4.98 Å². The van der Waals surface area contributed by atoms with Crippen LogP contribution < -0.4 is 0 Å². The molecule has 2 aromatic rings. The summed E-state index contributed by atoms with van der Waals surface area (Å²) in [5.74, 6) is 1.78. The van der Waals surface area contributed by atoms with E-state index in [9.17, 15) is 4.79 Å². The molecule has 25 heavy (non-hydrogen) atoms. The largest absolute Gasteiger partial charge is 0.339 e. The van der Waals surface area contributed by atoms with Crippen molar-refractivity contribution < 1.29 is 9.32 Å². The maximum atomic E-state index is 12.9. The van der Waals surface area contributed by atoms with E-state index in [2.05, 4.69) is 26.9 Å². The highest BCUT2D eigenvalue weighted by Gasteiger charge is 2.54. The SMILES string of the molecule is CCN1C[C@@H]2CCN(C(=O)c3cccnc3)C[C@]2(c2nc(C)no2)C1. The van der Waals surface area contributed by atoms with Crippen molar-refractivity contribution in [2.24, 2.45) is 5.92 Å². The number of hydrogen-bond acceptors (Lipinski definition) is 6. The molecule has 4 rings (SSSR count). The van der Waals surface area contributed by atoms with Gasteiger partial charge in [0.25, 0.3) is 5.91 Å². The van der Waals surface area contributed by atoms with Gasteiger partial charge in [0, 0.05) is 38.6 Å². The van der Waals surface area contributed by atoms with Crippen LogP contribution in [0.15, 0.2) is 29.0 Å². The number of pyridine rings is 1. The number of carbonyl (C=O) groups excluding carboxylic acids is 1. The van der Waals surface area contributed by atoms with Gasteiger partial charge in [-0.3, -0.25) is 9.78 Å². The third kappa shape index (κ3) is 2.72. The van der Waals surface area contributed by atoms with E-state index < -0.39 is 0 Å². The number of aryl methyl sites for hydroxylation is 1. The highest BCUT2D eigenvalue weighted by molar-refractivity contribution is 5.94. The summed E-state index contributed by atoms with van der Waals surface area (Å²) in [6, 6.07) is 3.61. The Morgan fingerprint density at radius 1 is 1.44 bits per heavy atom. The average molecular weight is 341 g/mol. The predicted octanol–water partition coefficient (Wildman–Crippen LogP) is 1.51. The third-order valence-electron chi connectivity index (χ3n) is 5.58. The molecule has 132 valence electrons. The molecule has 0 bridgehead atoms. The Morgan fingerprint density at radius 3 is 3.00 bits per heavy atom. The highest BCUT2D eigenvalue weighted by Crippen LogP contribution is 2.44. The number of piperidine rings is 1. The molecule has 0 spiro atoms. The molecule has 2 atom stereocenters. The van der Waals surface area contributed by atoms with Gasteiger partial charge in [0.1, 0.15) is 0 Å². The van der Waals surface area contributed by atoms with Crippen LogP contribution in [0.1, 0.15) is 35.4 Å². The average Bonchev–Trinajstić information content (AvgIpc) is 3.25. The quantitative estimate of drug-likeness (QED) is 0.842. The molecular weight excluding hydrogens is 318 g/mol. The van der Waals surface area contributed by atoms with Crippen LogP contribution in [-0.4, -0.2) is 63.6 Å². The summed E-state index contributed by atoms with van der Waals surface area (Å²) in [4.78, 5) is 25.9. The van der Waals surface area contributed by atoms with Gasteiger partial charge in [-0.1, -0.05) is 12.1 Å². The Morgan fingerprint density at radius 2 is 2.32 bits per heavy atom. The molecule has 0 saturated carbocycles. The van der Waals surface area contributed by atoms with E-state index in [1.54, 1.807) is 18.5 Å². The van der Waals surface area contributed by atoms with E-state index in [0.29, 0.717) is 29.7 Å². The summed E-state index contributed by atoms with van der Waals surface area (Å²) in [6.45, 7) is 8.24. The standard InChI is InChI=1S/C18H23N5O2/c1-3-22-10-15-6-8-23(16(24)14-5-4-7-19-9-14)12-18(15,11-22)17-20-13(2)21-25-17/h4-5,7,9,15H,3,6,8,10-12H2,1-2H3/t15-,18+/m0/s1. The van der Waals surface area contributed by atoms with Crippen molar-refractivity contribution in [3.8, 4) is 0 Å². The molecule has 1 amide bonds. The van der Waals surface area contributed by atoms with Gasteiger partial charge in [-0.25, -0.2) is 0 Å². The fourth-order valence-electron chi connectivity index (χ4n) is 4.25. The number of rotatable bonds is 3. The maximum absolute atomic E-state index is 12.9. The van der Waals surface area contributed by atoms with Crippen LogP contribution in [0.4, 0.5) is 0 Å². The van der Waals surface area contributed by atoms with E-state index in [0.717, 1.165) is 32.6 Å². The minimum atomic E-state index is -0.270. The van der Waals surface area contributed by atoms with Crippen LogP contribution in [0.5, 0.6) is 0 Å². The molecule has 2 aliphatic heterocycles. The first kappa shape index (κ1) is 16.2. The number of amides is 1. The Hall–Kier alpha value is -2.28. The first-order chi connectivity index (χ1) is 12.1. The predicted molar refractivity (Wildman–Crippen MR) is 91.1 cm³/mol. The van der Waals surface area contributed by atoms with Gasteiger partial charge < -0.3 is 14.3 Å². The van der Waals surface area contributed by atoms with Crippen molar-refractivity contribution in [3.63, 3.8) is 0 Å². The number of nitrogens with zero attached hydrogens (tertiary/aromatic N) is 5. The van der Waals surface area contributed by atoms with Crippen molar-refractivity contribution in [2.45, 2.75) is 25.7 Å². The summed E-state index contributed by atoms with van der Waals surface area (Å²) >= 11 is 0. The highest BCUT2D eigenvalue weighted by atomic mass is 16.5. The lowest BCUT2D eigenvalue weighted by molar-refractivity contribution is 0.0536. The van der Waals surface area contributed by atoms with E-state index >= 15 is 0 Å². The van der Waals surface area contributed by atoms with Crippen LogP contribution in [0, 0.1) is 12.8 Å². The monoisotopic (exact) mass is 341 g/mol. The van der Waals surface area contributed by atoms with E-state index in [-0.39, 0.29) is 11.3 Å². The first-order valence-electron chi connectivity index (χ1n) is 8.85. The molecule has 0 radical (unpaired) electrons. The Balaban J connectivity index is 1.66. The zero-order chi connectivity index (χ0) is 17.4. The van der Waals surface area contributed by atoms with E-state index in [1.165, 1.54) is 0 Å². The molecular formula is C18H23N5O2. The first-order valence-corrected chi connectivity index (χ1v) is 8.85. The molecule has 0 N–H and O–H groups in total. The van der Waals surface area contributed by atoms with Crippen molar-refractivity contribution in [2.75, 3.05) is 32.7 Å². The number of carbonyl (C=O) groups is 1. The molecule has 2 aromatic heterocycles. The second-order valence-electron chi connectivity index (χ2n) is 7.08. The fraction of sp³-hybridized carbons (Fsp3) is 0.556. The lowest BCUT2D eigenvalue weighted by Gasteiger charge is -2.41. The van der Waals surface area contributed by atoms with Crippen molar-refractivity contribution in [3.05, 3.63) is 41.8 Å². The van der Waals surface area contributed by atoms with Gasteiger partial charge in [0.2, 0.25) is 5.89 Å². The molecule has 2 aliphatic rings. The molecule has 2 saturated heterocycles. The lowest BCUT2D eigenvalue weighted by Crippen LogP contribution is -2.53. The summed E-state index contributed by atoms with van der Waals surface area (Å²) in [7, 11) is 0. The number of hydrogen-bond donors (Lipinski definition) is 0. The smallest absolute Gasteiger partial charge is 0.255 e. The normalized spacial score (nSPS) is 26.6. The Labute approximate surface area is 147 Å². The number of fused-ring (bicyclic) bond motifs is 1. The van der Waals surface area contributed by atoms with Crippen LogP contribution in [0.25, 0.3) is 0 Å².